The molecule has 0 aliphatic carbocycles. The summed E-state index contributed by atoms with van der Waals surface area (Å²) in [7, 11) is 0. The van der Waals surface area contributed by atoms with Crippen molar-refractivity contribution in [1.29, 1.82) is 0 Å². The van der Waals surface area contributed by atoms with E-state index in [2.05, 4.69) is 0 Å². The van der Waals surface area contributed by atoms with Crippen LogP contribution in [0.2, 0.25) is 0 Å². The van der Waals surface area contributed by atoms with Gasteiger partial charge in [-0.25, -0.2) is 4.79 Å². The van der Waals surface area contributed by atoms with Gasteiger partial charge in [-0.1, -0.05) is 25.1 Å². The van der Waals surface area contributed by atoms with Crippen LogP contribution in [-0.2, 0) is 11.2 Å². The standard InChI is InChI=1S/C14H15NO3/c1-3-10-5-4-6-12-11(8-16)7-15(13(10)12)9(2)14(17)18/h4-9H,3H2,1-2H3,(H,17,18). The summed E-state index contributed by atoms with van der Waals surface area (Å²) in [5.41, 5.74) is 2.43. The van der Waals surface area contributed by atoms with E-state index in [1.165, 1.54) is 0 Å². The van der Waals surface area contributed by atoms with Crippen molar-refractivity contribution in [3.05, 3.63) is 35.5 Å². The van der Waals surface area contributed by atoms with Gasteiger partial charge in [-0.2, -0.15) is 0 Å². The van der Waals surface area contributed by atoms with Gasteiger partial charge in [-0.15, -0.1) is 0 Å². The number of rotatable bonds is 4. The summed E-state index contributed by atoms with van der Waals surface area (Å²) in [4.78, 5) is 22.2. The number of carboxylic acid groups (broad SMARTS) is 1. The summed E-state index contributed by atoms with van der Waals surface area (Å²) in [6, 6.07) is 5.02. The maximum Gasteiger partial charge on any atom is 0.326 e. The summed E-state index contributed by atoms with van der Waals surface area (Å²) in [6.45, 7) is 3.63. The van der Waals surface area contributed by atoms with Gasteiger partial charge < -0.3 is 9.67 Å². The van der Waals surface area contributed by atoms with Gasteiger partial charge in [0, 0.05) is 17.1 Å². The van der Waals surface area contributed by atoms with Crippen molar-refractivity contribution < 1.29 is 14.7 Å². The molecule has 2 aromatic rings. The summed E-state index contributed by atoms with van der Waals surface area (Å²) >= 11 is 0. The fourth-order valence-corrected chi connectivity index (χ4v) is 2.22. The number of nitrogens with zero attached hydrogens (tertiary/aromatic N) is 1. The lowest BCUT2D eigenvalue weighted by molar-refractivity contribution is -0.140. The first-order valence-electron chi connectivity index (χ1n) is 5.90. The second-order valence-electron chi connectivity index (χ2n) is 4.29. The Labute approximate surface area is 105 Å². The Morgan fingerprint density at radius 3 is 2.78 bits per heavy atom. The Balaban J connectivity index is 2.80. The number of hydrogen-bond donors (Lipinski definition) is 1. The number of aldehydes is 1. The van der Waals surface area contributed by atoms with Crippen LogP contribution >= 0.6 is 0 Å². The summed E-state index contributed by atoms with van der Waals surface area (Å²) in [5, 5.41) is 9.95. The average molecular weight is 245 g/mol. The Bertz CT molecular complexity index is 613. The predicted molar refractivity (Wildman–Crippen MR) is 69.1 cm³/mol. The van der Waals surface area contributed by atoms with Gasteiger partial charge in [0.25, 0.3) is 0 Å². The molecule has 2 rings (SSSR count). The lowest BCUT2D eigenvalue weighted by Gasteiger charge is -2.12. The first-order chi connectivity index (χ1) is 8.60. The smallest absolute Gasteiger partial charge is 0.326 e. The van der Waals surface area contributed by atoms with Gasteiger partial charge in [0.15, 0.2) is 6.29 Å². The summed E-state index contributed by atoms with van der Waals surface area (Å²) < 4.78 is 1.67. The molecule has 1 N–H and O–H groups in total. The third-order valence-electron chi connectivity index (χ3n) is 3.25. The molecular weight excluding hydrogens is 230 g/mol. The Morgan fingerprint density at radius 2 is 2.22 bits per heavy atom. The molecule has 1 unspecified atom stereocenters. The van der Waals surface area contributed by atoms with Crippen LogP contribution in [0.4, 0.5) is 0 Å². The van der Waals surface area contributed by atoms with Gasteiger partial charge in [0.2, 0.25) is 0 Å². The Hall–Kier alpha value is -2.10. The minimum Gasteiger partial charge on any atom is -0.480 e. The molecule has 0 spiro atoms. The van der Waals surface area contributed by atoms with Crippen LogP contribution in [0, 0.1) is 0 Å². The monoisotopic (exact) mass is 245 g/mol. The zero-order valence-corrected chi connectivity index (χ0v) is 10.4. The highest BCUT2D eigenvalue weighted by Crippen LogP contribution is 2.27. The van der Waals surface area contributed by atoms with Crippen LogP contribution in [0.1, 0.15) is 35.8 Å². The van der Waals surface area contributed by atoms with E-state index in [1.807, 2.05) is 25.1 Å². The van der Waals surface area contributed by atoms with Crippen LogP contribution < -0.4 is 0 Å². The molecule has 0 saturated carbocycles. The normalized spacial score (nSPS) is 12.6. The molecular formula is C14H15NO3. The van der Waals surface area contributed by atoms with E-state index in [0.717, 1.165) is 29.2 Å². The molecule has 0 aliphatic rings. The highest BCUT2D eigenvalue weighted by Gasteiger charge is 2.19. The van der Waals surface area contributed by atoms with Crippen molar-refractivity contribution in [2.24, 2.45) is 0 Å². The molecule has 1 aromatic carbocycles. The first kappa shape index (κ1) is 12.4. The van der Waals surface area contributed by atoms with Crippen molar-refractivity contribution in [2.45, 2.75) is 26.3 Å². The van der Waals surface area contributed by atoms with E-state index in [9.17, 15) is 9.59 Å². The molecule has 4 nitrogen and oxygen atoms in total. The maximum absolute atomic E-state index is 11.1. The van der Waals surface area contributed by atoms with E-state index in [4.69, 9.17) is 5.11 Å². The van der Waals surface area contributed by atoms with Gasteiger partial charge in [-0.3, -0.25) is 4.79 Å². The van der Waals surface area contributed by atoms with Crippen LogP contribution in [0.15, 0.2) is 24.4 Å². The number of aryl methyl sites for hydroxylation is 1. The second kappa shape index (κ2) is 4.64. The second-order valence-corrected chi connectivity index (χ2v) is 4.29. The molecule has 0 bridgehead atoms. The SMILES string of the molecule is CCc1cccc2c(C=O)cn(C(C)C(=O)O)c12. The Morgan fingerprint density at radius 1 is 1.50 bits per heavy atom. The zero-order chi connectivity index (χ0) is 13.3. The number of fused-ring (bicyclic) bond motifs is 1. The number of carboxylic acids is 1. The van der Waals surface area contributed by atoms with Crippen LogP contribution in [0.3, 0.4) is 0 Å². The highest BCUT2D eigenvalue weighted by molar-refractivity contribution is 5.99. The molecule has 18 heavy (non-hydrogen) atoms. The van der Waals surface area contributed by atoms with E-state index in [1.54, 1.807) is 17.7 Å². The van der Waals surface area contributed by atoms with Crippen LogP contribution in [-0.4, -0.2) is 21.9 Å². The van der Waals surface area contributed by atoms with E-state index in [-0.39, 0.29) is 0 Å². The zero-order valence-electron chi connectivity index (χ0n) is 10.4. The van der Waals surface area contributed by atoms with Gasteiger partial charge >= 0.3 is 5.97 Å². The highest BCUT2D eigenvalue weighted by atomic mass is 16.4. The van der Waals surface area contributed by atoms with Gasteiger partial charge in [0.05, 0.1) is 5.52 Å². The summed E-state index contributed by atoms with van der Waals surface area (Å²) in [6.07, 6.45) is 3.19. The topological polar surface area (TPSA) is 59.3 Å². The first-order valence-corrected chi connectivity index (χ1v) is 5.90. The molecule has 1 atom stereocenters. The number of carbonyl (C=O) groups excluding carboxylic acids is 1. The molecule has 94 valence electrons. The number of benzene rings is 1. The van der Waals surface area contributed by atoms with Crippen molar-refractivity contribution in [1.82, 2.24) is 4.57 Å². The molecule has 0 aliphatic heterocycles. The van der Waals surface area contributed by atoms with Crippen molar-refractivity contribution >= 4 is 23.2 Å². The molecule has 1 heterocycles. The molecule has 0 amide bonds. The van der Waals surface area contributed by atoms with Crippen molar-refractivity contribution in [2.75, 3.05) is 0 Å². The Kier molecular flexibility index (Phi) is 3.19. The number of para-hydroxylation sites is 1. The van der Waals surface area contributed by atoms with Crippen LogP contribution in [0.5, 0.6) is 0 Å². The fraction of sp³-hybridized carbons (Fsp3) is 0.286. The fourth-order valence-electron chi connectivity index (χ4n) is 2.22. The maximum atomic E-state index is 11.1. The van der Waals surface area contributed by atoms with Crippen LogP contribution in [0.25, 0.3) is 10.9 Å². The van der Waals surface area contributed by atoms with E-state index in [0.29, 0.717) is 5.56 Å². The minimum absolute atomic E-state index is 0.536. The quantitative estimate of drug-likeness (QED) is 0.842. The third-order valence-corrected chi connectivity index (χ3v) is 3.25. The lowest BCUT2D eigenvalue weighted by Crippen LogP contribution is -2.15. The van der Waals surface area contributed by atoms with E-state index >= 15 is 0 Å². The lowest BCUT2D eigenvalue weighted by atomic mass is 10.1. The largest absolute Gasteiger partial charge is 0.480 e. The number of hydrogen-bond acceptors (Lipinski definition) is 2. The van der Waals surface area contributed by atoms with Crippen molar-refractivity contribution in [3.8, 4) is 0 Å². The molecule has 0 saturated heterocycles. The number of carbonyl (C=O) groups is 2. The average Bonchev–Trinajstić information content (AvgIpc) is 2.76. The van der Waals surface area contributed by atoms with Gasteiger partial charge in [-0.05, 0) is 18.9 Å². The third kappa shape index (κ3) is 1.79. The molecule has 0 fully saturated rings. The van der Waals surface area contributed by atoms with Gasteiger partial charge in [0.1, 0.15) is 6.04 Å². The predicted octanol–water partition coefficient (Wildman–Crippen LogP) is 2.66. The van der Waals surface area contributed by atoms with E-state index < -0.39 is 12.0 Å². The number of aliphatic carboxylic acids is 1. The molecule has 0 radical (unpaired) electrons. The summed E-state index contributed by atoms with van der Waals surface area (Å²) in [5.74, 6) is -0.907. The molecule has 1 aromatic heterocycles. The molecule has 4 heteroatoms. The van der Waals surface area contributed by atoms with Crippen molar-refractivity contribution in [3.63, 3.8) is 0 Å². The minimum atomic E-state index is -0.907. The number of aromatic nitrogens is 1.